The maximum atomic E-state index is 12.5. The van der Waals surface area contributed by atoms with Crippen LogP contribution in [0.25, 0.3) is 0 Å². The molecule has 1 N–H and O–H groups in total. The molecule has 0 aliphatic rings. The molecule has 1 amide bonds. The average Bonchev–Trinajstić information content (AvgIpc) is 2.95. The van der Waals surface area contributed by atoms with Gasteiger partial charge >= 0.3 is 6.18 Å². The number of amides is 1. The number of thiazole rings is 1. The fourth-order valence-electron chi connectivity index (χ4n) is 2.19. The van der Waals surface area contributed by atoms with E-state index in [0.29, 0.717) is 0 Å². The van der Waals surface area contributed by atoms with Crippen molar-refractivity contribution in [3.63, 3.8) is 0 Å². The Morgan fingerprint density at radius 1 is 1.39 bits per heavy atom. The van der Waals surface area contributed by atoms with Gasteiger partial charge in [0.05, 0.1) is 12.5 Å². The van der Waals surface area contributed by atoms with Gasteiger partial charge in [-0.1, -0.05) is 19.9 Å². The molecule has 23 heavy (non-hydrogen) atoms. The van der Waals surface area contributed by atoms with Crippen LogP contribution in [0.15, 0.2) is 29.9 Å². The monoisotopic (exact) mass is 343 g/mol. The number of hydrogen-bond donors (Lipinski definition) is 1. The van der Waals surface area contributed by atoms with E-state index >= 15 is 0 Å². The number of alkyl halides is 3. The van der Waals surface area contributed by atoms with Gasteiger partial charge in [-0.15, -0.1) is 11.3 Å². The van der Waals surface area contributed by atoms with Crippen LogP contribution in [-0.4, -0.2) is 15.9 Å². The van der Waals surface area contributed by atoms with E-state index in [1.807, 2.05) is 19.9 Å². The number of carbonyl (C=O) groups excluding carboxylic acids is 1. The molecule has 0 spiro atoms. The Morgan fingerprint density at radius 2 is 2.13 bits per heavy atom. The standard InChI is InChI=1S/C15H16F3N3OS/c1-9(2)13(10-4-3-5-19-6-10)14(22)20-7-12-21-11(8-23-12)15(16,17)18/h3-6,8-9,13H,7H2,1-2H3,(H,20,22)/t13-/m1/s1. The van der Waals surface area contributed by atoms with Crippen molar-refractivity contribution >= 4 is 17.2 Å². The highest BCUT2D eigenvalue weighted by Crippen LogP contribution is 2.30. The third kappa shape index (κ3) is 4.51. The van der Waals surface area contributed by atoms with E-state index < -0.39 is 17.8 Å². The molecule has 8 heteroatoms. The lowest BCUT2D eigenvalue weighted by Gasteiger charge is -2.20. The molecule has 2 heterocycles. The number of rotatable bonds is 5. The molecule has 0 radical (unpaired) electrons. The minimum absolute atomic E-state index is 0.0247. The van der Waals surface area contributed by atoms with E-state index in [-0.39, 0.29) is 23.4 Å². The van der Waals surface area contributed by atoms with Crippen LogP contribution in [0, 0.1) is 5.92 Å². The third-order valence-corrected chi connectivity index (χ3v) is 4.10. The predicted molar refractivity (Wildman–Crippen MR) is 80.8 cm³/mol. The fourth-order valence-corrected chi connectivity index (χ4v) is 2.93. The lowest BCUT2D eigenvalue weighted by molar-refractivity contribution is -0.140. The van der Waals surface area contributed by atoms with Crippen LogP contribution in [0.3, 0.4) is 0 Å². The minimum Gasteiger partial charge on any atom is -0.349 e. The molecular formula is C15H16F3N3OS. The Morgan fingerprint density at radius 3 is 2.65 bits per heavy atom. The van der Waals surface area contributed by atoms with Crippen LogP contribution < -0.4 is 5.32 Å². The highest BCUT2D eigenvalue weighted by atomic mass is 32.1. The first-order valence-corrected chi connectivity index (χ1v) is 7.86. The maximum absolute atomic E-state index is 12.5. The average molecular weight is 343 g/mol. The van der Waals surface area contributed by atoms with Gasteiger partial charge in [0.2, 0.25) is 5.91 Å². The molecule has 0 aromatic carbocycles. The van der Waals surface area contributed by atoms with Crippen molar-refractivity contribution in [2.24, 2.45) is 5.92 Å². The molecule has 0 unspecified atom stereocenters. The maximum Gasteiger partial charge on any atom is 0.434 e. The normalized spacial score (nSPS) is 13.1. The first-order valence-electron chi connectivity index (χ1n) is 6.98. The van der Waals surface area contributed by atoms with Crippen LogP contribution >= 0.6 is 11.3 Å². The molecule has 0 saturated heterocycles. The molecule has 0 aliphatic heterocycles. The quantitative estimate of drug-likeness (QED) is 0.902. The summed E-state index contributed by atoms with van der Waals surface area (Å²) in [5, 5.41) is 3.83. The van der Waals surface area contributed by atoms with Crippen molar-refractivity contribution in [3.8, 4) is 0 Å². The summed E-state index contributed by atoms with van der Waals surface area (Å²) in [6, 6.07) is 3.55. The molecule has 0 fully saturated rings. The first-order chi connectivity index (χ1) is 10.8. The number of hydrogen-bond acceptors (Lipinski definition) is 4. The summed E-state index contributed by atoms with van der Waals surface area (Å²) >= 11 is 0.876. The lowest BCUT2D eigenvalue weighted by Crippen LogP contribution is -2.31. The van der Waals surface area contributed by atoms with Gasteiger partial charge in [0.25, 0.3) is 0 Å². The van der Waals surface area contributed by atoms with Crippen molar-refractivity contribution < 1.29 is 18.0 Å². The Kier molecular flexibility index (Phi) is 5.35. The van der Waals surface area contributed by atoms with Crippen LogP contribution in [0.1, 0.15) is 36.0 Å². The summed E-state index contributed by atoms with van der Waals surface area (Å²) in [6.45, 7) is 3.79. The second-order valence-corrected chi connectivity index (χ2v) is 6.29. The number of aromatic nitrogens is 2. The molecule has 1 atom stereocenters. The molecule has 0 aliphatic carbocycles. The van der Waals surface area contributed by atoms with Gasteiger partial charge in [-0.2, -0.15) is 13.2 Å². The van der Waals surface area contributed by atoms with Gasteiger partial charge in [-0.25, -0.2) is 4.98 Å². The molecule has 2 aromatic heterocycles. The smallest absolute Gasteiger partial charge is 0.349 e. The third-order valence-electron chi connectivity index (χ3n) is 3.25. The first kappa shape index (κ1) is 17.4. The van der Waals surface area contributed by atoms with Crippen molar-refractivity contribution in [1.82, 2.24) is 15.3 Å². The number of pyridine rings is 1. The summed E-state index contributed by atoms with van der Waals surface area (Å²) in [6.07, 6.45) is -1.22. The Bertz CT molecular complexity index is 655. The summed E-state index contributed by atoms with van der Waals surface area (Å²) in [5.41, 5.74) is -0.158. The highest BCUT2D eigenvalue weighted by molar-refractivity contribution is 7.09. The second-order valence-electron chi connectivity index (χ2n) is 5.35. The van der Waals surface area contributed by atoms with Gasteiger partial charge in [-0.3, -0.25) is 9.78 Å². The fraction of sp³-hybridized carbons (Fsp3) is 0.400. The molecule has 124 valence electrons. The Labute approximate surface area is 135 Å². The van der Waals surface area contributed by atoms with Crippen molar-refractivity contribution in [3.05, 3.63) is 46.2 Å². The number of nitrogens with zero attached hydrogens (tertiary/aromatic N) is 2. The van der Waals surface area contributed by atoms with Crippen LogP contribution in [-0.2, 0) is 17.5 Å². The lowest BCUT2D eigenvalue weighted by atomic mass is 9.88. The highest BCUT2D eigenvalue weighted by Gasteiger charge is 2.33. The number of nitrogens with one attached hydrogen (secondary N) is 1. The van der Waals surface area contributed by atoms with Crippen molar-refractivity contribution in [2.45, 2.75) is 32.5 Å². The number of carbonyl (C=O) groups is 1. The summed E-state index contributed by atoms with van der Waals surface area (Å²) in [4.78, 5) is 19.9. The number of halogens is 3. The second kappa shape index (κ2) is 7.08. The van der Waals surface area contributed by atoms with E-state index in [4.69, 9.17) is 0 Å². The zero-order chi connectivity index (χ0) is 17.0. The molecule has 2 rings (SSSR count). The van der Waals surface area contributed by atoms with Crippen LogP contribution in [0.4, 0.5) is 13.2 Å². The van der Waals surface area contributed by atoms with Gasteiger partial charge in [-0.05, 0) is 17.5 Å². The van der Waals surface area contributed by atoms with Gasteiger partial charge in [0.15, 0.2) is 5.69 Å². The largest absolute Gasteiger partial charge is 0.434 e. The van der Waals surface area contributed by atoms with Gasteiger partial charge < -0.3 is 5.32 Å². The predicted octanol–water partition coefficient (Wildman–Crippen LogP) is 3.61. The zero-order valence-corrected chi connectivity index (χ0v) is 13.4. The topological polar surface area (TPSA) is 54.9 Å². The van der Waals surface area contributed by atoms with Crippen molar-refractivity contribution in [2.75, 3.05) is 0 Å². The van der Waals surface area contributed by atoms with E-state index in [1.165, 1.54) is 0 Å². The molecular weight excluding hydrogens is 327 g/mol. The van der Waals surface area contributed by atoms with E-state index in [1.54, 1.807) is 18.5 Å². The molecule has 4 nitrogen and oxygen atoms in total. The van der Waals surface area contributed by atoms with Crippen molar-refractivity contribution in [1.29, 1.82) is 0 Å². The van der Waals surface area contributed by atoms with Gasteiger partial charge in [0, 0.05) is 17.8 Å². The Balaban J connectivity index is 2.04. The molecule has 0 saturated carbocycles. The summed E-state index contributed by atoms with van der Waals surface area (Å²) in [7, 11) is 0. The van der Waals surface area contributed by atoms with E-state index in [2.05, 4.69) is 15.3 Å². The van der Waals surface area contributed by atoms with Gasteiger partial charge in [0.1, 0.15) is 5.01 Å². The SMILES string of the molecule is CC(C)[C@@H](C(=O)NCc1nc(C(F)(F)F)cs1)c1cccnc1. The van der Waals surface area contributed by atoms with E-state index in [0.717, 1.165) is 22.3 Å². The summed E-state index contributed by atoms with van der Waals surface area (Å²) in [5.74, 6) is -0.635. The minimum atomic E-state index is -4.46. The van der Waals surface area contributed by atoms with Crippen LogP contribution in [0.2, 0.25) is 0 Å². The van der Waals surface area contributed by atoms with E-state index in [9.17, 15) is 18.0 Å². The zero-order valence-electron chi connectivity index (χ0n) is 12.6. The molecule has 2 aromatic rings. The Hall–Kier alpha value is -1.96. The summed E-state index contributed by atoms with van der Waals surface area (Å²) < 4.78 is 37.5. The van der Waals surface area contributed by atoms with Crippen LogP contribution in [0.5, 0.6) is 0 Å². The molecule has 0 bridgehead atoms.